The zero-order valence-corrected chi connectivity index (χ0v) is 81.4. The minimum atomic E-state index is -3.63. The lowest BCUT2D eigenvalue weighted by Gasteiger charge is -2.53. The monoisotopic (exact) mass is 2060 g/mol. The molecule has 7 aliphatic rings. The van der Waals surface area contributed by atoms with Gasteiger partial charge in [-0.05, 0) is 19.3 Å². The third kappa shape index (κ3) is 35.1. The molecule has 5 amide bonds. The van der Waals surface area contributed by atoms with Gasteiger partial charge < -0.3 is 215 Å². The summed E-state index contributed by atoms with van der Waals surface area (Å²) < 4.78 is 85.8. The summed E-state index contributed by atoms with van der Waals surface area (Å²) in [7, 11) is 0. The number of aliphatic hydroxyl groups is 22. The molecule has 824 valence electrons. The molecular weight excluding hydrogens is 1900 g/mol. The largest absolute Gasteiger partial charge is 0.477 e. The summed E-state index contributed by atoms with van der Waals surface area (Å²) in [5, 5.41) is 285. The zero-order chi connectivity index (χ0) is 105. The maximum Gasteiger partial charge on any atom is 0.364 e. The van der Waals surface area contributed by atoms with E-state index in [0.29, 0.717) is 12.8 Å². The number of nitrogens with one attached hydrogen (secondary N) is 5. The summed E-state index contributed by atoms with van der Waals surface area (Å²) in [6.45, 7) is -3.98. The lowest BCUT2D eigenvalue weighted by Crippen LogP contribution is -2.73. The van der Waals surface area contributed by atoms with E-state index in [-0.39, 0.29) is 6.42 Å². The highest BCUT2D eigenvalue weighted by Gasteiger charge is 2.65. The third-order valence-corrected chi connectivity index (χ3v) is 26.7. The molecule has 0 aromatic carbocycles. The first-order valence-corrected chi connectivity index (χ1v) is 49.9. The quantitative estimate of drug-likeness (QED) is 0.0199. The molecule has 0 saturated carbocycles. The maximum absolute atomic E-state index is 14.2. The van der Waals surface area contributed by atoms with Crippen LogP contribution < -0.4 is 26.6 Å². The molecule has 7 aliphatic heterocycles. The molecule has 142 heavy (non-hydrogen) atoms. The number of amides is 5. The van der Waals surface area contributed by atoms with Crippen molar-refractivity contribution >= 4 is 41.5 Å². The fourth-order valence-corrected chi connectivity index (χ4v) is 18.8. The second-order valence-electron chi connectivity index (χ2n) is 37.8. The van der Waals surface area contributed by atoms with Crippen LogP contribution >= 0.6 is 0 Å². The highest BCUT2D eigenvalue weighted by molar-refractivity contribution is 5.79. The van der Waals surface area contributed by atoms with Crippen LogP contribution in [0.25, 0.3) is 0 Å². The van der Waals surface area contributed by atoms with Gasteiger partial charge in [-0.25, -0.2) is 9.59 Å². The molecule has 39 atom stereocenters. The van der Waals surface area contributed by atoms with Gasteiger partial charge in [0.05, 0.1) is 89.3 Å². The van der Waals surface area contributed by atoms with E-state index in [2.05, 4.69) is 40.4 Å². The second-order valence-corrected chi connectivity index (χ2v) is 37.8. The number of carbonyl (C=O) groups is 7. The average Bonchev–Trinajstić information content (AvgIpc) is 0.745. The van der Waals surface area contributed by atoms with Gasteiger partial charge in [-0.2, -0.15) is 0 Å². The number of ether oxygens (including phenoxy) is 14. The van der Waals surface area contributed by atoms with Gasteiger partial charge in [-0.1, -0.05) is 180 Å². The number of aliphatic carboxylic acids is 2. The molecule has 7 heterocycles. The van der Waals surface area contributed by atoms with E-state index in [4.69, 9.17) is 66.3 Å². The van der Waals surface area contributed by atoms with Crippen LogP contribution in [0.4, 0.5) is 0 Å². The Morgan fingerprint density at radius 2 is 0.732 bits per heavy atom. The van der Waals surface area contributed by atoms with Gasteiger partial charge in [0.15, 0.2) is 31.5 Å². The van der Waals surface area contributed by atoms with Crippen molar-refractivity contribution in [3.63, 3.8) is 0 Å². The summed E-state index contributed by atoms with van der Waals surface area (Å²) in [6, 6.07) is -9.37. The highest BCUT2D eigenvalue weighted by Crippen LogP contribution is 2.44. The van der Waals surface area contributed by atoms with Crippen LogP contribution in [0.15, 0.2) is 12.2 Å². The van der Waals surface area contributed by atoms with E-state index in [9.17, 15) is 156 Å². The number of hydrogen-bond donors (Lipinski definition) is 29. The Morgan fingerprint density at radius 3 is 1.14 bits per heavy atom. The van der Waals surface area contributed by atoms with E-state index >= 15 is 0 Å². The topological polar surface area (TPSA) is 794 Å². The van der Waals surface area contributed by atoms with Crippen LogP contribution in [0.2, 0.25) is 0 Å². The summed E-state index contributed by atoms with van der Waals surface area (Å²) >= 11 is 0. The Hall–Kier alpha value is -5.41. The molecule has 7 rings (SSSR count). The number of allylic oxidation sites excluding steroid dienone is 1. The average molecular weight is 2060 g/mol. The number of carbonyl (C=O) groups excluding carboxylic acids is 5. The van der Waals surface area contributed by atoms with Crippen LogP contribution in [0, 0.1) is 0 Å². The predicted octanol–water partition coefficient (Wildman–Crippen LogP) is -6.93. The molecule has 29 N–H and O–H groups in total. The van der Waals surface area contributed by atoms with Crippen molar-refractivity contribution in [3.05, 3.63) is 12.2 Å². The van der Waals surface area contributed by atoms with Crippen molar-refractivity contribution in [1.82, 2.24) is 26.6 Å². The first kappa shape index (κ1) is 124. The lowest BCUT2D eigenvalue weighted by atomic mass is 9.88. The number of hydrogen-bond acceptors (Lipinski definition) is 43. The van der Waals surface area contributed by atoms with Gasteiger partial charge >= 0.3 is 11.9 Å². The van der Waals surface area contributed by atoms with E-state index in [0.717, 1.165) is 97.8 Å². The lowest BCUT2D eigenvalue weighted by molar-refractivity contribution is -0.408. The molecule has 7 saturated heterocycles. The number of rotatable bonds is 64. The molecule has 50 nitrogen and oxygen atoms in total. The first-order valence-electron chi connectivity index (χ1n) is 49.9. The molecule has 0 bridgehead atoms. The van der Waals surface area contributed by atoms with Crippen LogP contribution in [-0.2, 0) is 99.9 Å². The van der Waals surface area contributed by atoms with Crippen LogP contribution in [0.5, 0.6) is 0 Å². The molecule has 0 aromatic rings. The fraction of sp³-hybridized carbons (Fsp3) is 0.902. The minimum Gasteiger partial charge on any atom is -0.477 e. The number of unbranched alkanes of at least 4 members (excludes halogenated alkanes) is 25. The molecule has 0 aliphatic carbocycles. The Morgan fingerprint density at radius 1 is 0.373 bits per heavy atom. The van der Waals surface area contributed by atoms with Gasteiger partial charge in [0, 0.05) is 40.0 Å². The first-order chi connectivity index (χ1) is 67.7. The number of carboxylic acid groups (broad SMARTS) is 2. The van der Waals surface area contributed by atoms with Crippen molar-refractivity contribution in [2.45, 2.75) is 465 Å². The SMILES string of the molecule is CCCCCCCCCCCCC/C=C/[C@@H](O)[C@H](CO[C@@H]1OC(CO)[C@@H](O[C@@H]2OC(CO)[C@H](O[C@@H]3OC(CO)[C@H](O)[C@H](O[C@@H]4OC(CO)[C@H](O[C@@H]5OC(CO)[C@H](O)[C@H](O)C5NC(C)=O)[C@H](O[C@]5(C(=O)O)CC(O)[C@@H](NC(C)=O)C([C@H](O)[C@H](O)CO)O5)C4O)C3NC(C)=O)[C@H](O[C@]3(C(=O)O)CC(O)[C@@H](NC(=O)CO)C([C@H](O)[C@H](O)CO)O3)C2O)[C@H](O)C1O)NC(=O)CCCCCCCCCCCCCCCCC. The summed E-state index contributed by atoms with van der Waals surface area (Å²) in [4.78, 5) is 94.0. The van der Waals surface area contributed by atoms with E-state index in [1.165, 1.54) is 89.5 Å². The van der Waals surface area contributed by atoms with E-state index in [1.54, 1.807) is 6.08 Å². The van der Waals surface area contributed by atoms with Crippen molar-refractivity contribution in [2.24, 2.45) is 0 Å². The van der Waals surface area contributed by atoms with Crippen molar-refractivity contribution < 1.29 is 222 Å². The maximum atomic E-state index is 14.2. The third-order valence-electron chi connectivity index (χ3n) is 26.7. The van der Waals surface area contributed by atoms with Crippen molar-refractivity contribution in [3.8, 4) is 0 Å². The fourth-order valence-electron chi connectivity index (χ4n) is 18.8. The Balaban J connectivity index is 1.24. The van der Waals surface area contributed by atoms with Crippen LogP contribution in [-0.4, -0.2) is 462 Å². The van der Waals surface area contributed by atoms with Gasteiger partial charge in [-0.3, -0.25) is 24.0 Å². The molecular formula is C92H161N5O45. The minimum absolute atomic E-state index is 0.0666. The molecule has 0 spiro atoms. The van der Waals surface area contributed by atoms with Gasteiger partial charge in [-0.15, -0.1) is 0 Å². The van der Waals surface area contributed by atoms with Crippen molar-refractivity contribution in [2.75, 3.05) is 59.5 Å². The van der Waals surface area contributed by atoms with Crippen molar-refractivity contribution in [1.29, 1.82) is 0 Å². The molecule has 0 aromatic heterocycles. The predicted molar refractivity (Wildman–Crippen MR) is 485 cm³/mol. The van der Waals surface area contributed by atoms with Crippen LogP contribution in [0.3, 0.4) is 0 Å². The van der Waals surface area contributed by atoms with E-state index in [1.807, 2.05) is 0 Å². The van der Waals surface area contributed by atoms with Gasteiger partial charge in [0.2, 0.25) is 29.5 Å². The molecule has 50 heteroatoms. The molecule has 0 radical (unpaired) electrons. The molecule has 7 fully saturated rings. The highest BCUT2D eigenvalue weighted by atomic mass is 16.8. The summed E-state index contributed by atoms with van der Waals surface area (Å²) in [6.07, 6.45) is -44.6. The Kier molecular flexibility index (Phi) is 54.2. The smallest absolute Gasteiger partial charge is 0.364 e. The summed E-state index contributed by atoms with van der Waals surface area (Å²) in [5.74, 6) is -16.6. The zero-order valence-electron chi connectivity index (χ0n) is 81.4. The van der Waals surface area contributed by atoms with Gasteiger partial charge in [0.1, 0.15) is 165 Å². The summed E-state index contributed by atoms with van der Waals surface area (Å²) in [5.41, 5.74) is 0. The van der Waals surface area contributed by atoms with Crippen LogP contribution in [0.1, 0.15) is 227 Å². The van der Waals surface area contributed by atoms with E-state index < -0.39 is 352 Å². The molecule has 14 unspecified atom stereocenters. The van der Waals surface area contributed by atoms with Gasteiger partial charge in [0.25, 0.3) is 11.6 Å². The second kappa shape index (κ2) is 62.3. The Bertz CT molecular complexity index is 3690. The normalized spacial score (nSPS) is 35.9. The standard InChI is InChI=1S/C92H161N5O45/c1-6-8-10-12-14-16-18-20-21-23-25-27-29-31-33-35-61(114)96-50(51(109)34-32-30-28-26-24-22-19-17-15-13-11-9-7-2)46-129-86-73(122)72(121)76(58(42-102)132-86)135-87-74(123)82(141-92(90(127)128)37-53(111)64(97-62(115)45-105)81(140-92)68(117)55(113)39-99)78(60(44-104)133-87)137-85-66(95-49(5)108)79(70(119)57(41-101)131-85)138-88-75(124)83(77(59(43-103)134-88)136-84-65(94-48(4)107)71(120)69(118)56(40-100)130-84)142-91(89(125)126)36-52(110)63(93-47(3)106)80(139-91)67(116)54(112)38-98/h32,34,50-60,63-88,98-105,109-113,116-124H,6-31,33,35-46H2,1-5H3,(H,93,106)(H,94,107)(H,95,108)(H,96,114)(H,97,115)(H,125,126)(H,127,128)/b34-32+/t50-,51+,52?,53?,54+,55+,56?,57?,58?,59?,60?,63+,64+,65?,66?,67+,68+,69-,70-,71+,72+,73?,74?,75?,76+,77-,78-,79+,80?,81?,82+,83+,84-,85-,86+,87-,88-,91-,92-/m0/s1. The number of aliphatic hydroxyl groups excluding tert-OH is 22. The number of carboxylic acids is 2. The Labute approximate surface area is 824 Å².